The minimum atomic E-state index is -3.99. The minimum absolute atomic E-state index is 0.0259. The van der Waals surface area contributed by atoms with E-state index in [1.54, 1.807) is 6.92 Å². The standard InChI is InChI=1S/C27H28Cl2FN3O4S/c1-3-31-27(35)24(16-19-8-5-4-6-9-19)32(17-20-12-14-21(30)15-13-20)25(34)18-33(38(2,36)37)23-11-7-10-22(28)26(23)29/h4-15,24H,3,16-18H2,1-2H3,(H,31,35)/t24-/m0/s1. The summed E-state index contributed by atoms with van der Waals surface area (Å²) in [6.07, 6.45) is 1.13. The molecule has 0 aliphatic carbocycles. The Morgan fingerprint density at radius 1 is 0.947 bits per heavy atom. The Morgan fingerprint density at radius 3 is 2.21 bits per heavy atom. The van der Waals surface area contributed by atoms with E-state index in [1.807, 2.05) is 30.3 Å². The lowest BCUT2D eigenvalue weighted by atomic mass is 10.0. The summed E-state index contributed by atoms with van der Waals surface area (Å²) in [5.74, 6) is -1.50. The summed E-state index contributed by atoms with van der Waals surface area (Å²) in [7, 11) is -3.99. The van der Waals surface area contributed by atoms with E-state index in [1.165, 1.54) is 47.4 Å². The molecule has 0 saturated heterocycles. The second-order valence-electron chi connectivity index (χ2n) is 8.59. The van der Waals surface area contributed by atoms with E-state index in [-0.39, 0.29) is 28.7 Å². The highest BCUT2D eigenvalue weighted by Gasteiger charge is 2.33. The number of nitrogens with zero attached hydrogens (tertiary/aromatic N) is 2. The van der Waals surface area contributed by atoms with Crippen LogP contribution in [-0.4, -0.2) is 50.5 Å². The largest absolute Gasteiger partial charge is 0.355 e. The van der Waals surface area contributed by atoms with Gasteiger partial charge in [0.25, 0.3) is 0 Å². The molecule has 0 unspecified atom stereocenters. The van der Waals surface area contributed by atoms with Crippen LogP contribution in [0.25, 0.3) is 0 Å². The first-order valence-electron chi connectivity index (χ1n) is 11.8. The predicted octanol–water partition coefficient (Wildman–Crippen LogP) is 4.67. The van der Waals surface area contributed by atoms with Crippen LogP contribution in [0.15, 0.2) is 72.8 Å². The number of halogens is 3. The lowest BCUT2D eigenvalue weighted by Gasteiger charge is -2.33. The summed E-state index contributed by atoms with van der Waals surface area (Å²) in [5, 5.41) is 2.86. The quantitative estimate of drug-likeness (QED) is 0.357. The van der Waals surface area contributed by atoms with Crippen LogP contribution in [0, 0.1) is 5.82 Å². The van der Waals surface area contributed by atoms with Crippen molar-refractivity contribution in [2.45, 2.75) is 25.9 Å². The Labute approximate surface area is 232 Å². The van der Waals surface area contributed by atoms with Gasteiger partial charge in [0.1, 0.15) is 18.4 Å². The van der Waals surface area contributed by atoms with Gasteiger partial charge in [-0.2, -0.15) is 0 Å². The molecule has 11 heteroatoms. The van der Waals surface area contributed by atoms with Gasteiger partial charge in [-0.05, 0) is 42.3 Å². The molecule has 3 aromatic carbocycles. The number of sulfonamides is 1. The summed E-state index contributed by atoms with van der Waals surface area (Å²) in [6, 6.07) is 18.2. The summed E-state index contributed by atoms with van der Waals surface area (Å²) in [5.41, 5.74) is 1.40. The highest BCUT2D eigenvalue weighted by atomic mass is 35.5. The highest BCUT2D eigenvalue weighted by Crippen LogP contribution is 2.33. The van der Waals surface area contributed by atoms with Gasteiger partial charge in [-0.15, -0.1) is 0 Å². The van der Waals surface area contributed by atoms with Crippen LogP contribution >= 0.6 is 23.2 Å². The number of hydrogen-bond acceptors (Lipinski definition) is 4. The first-order valence-corrected chi connectivity index (χ1v) is 14.4. The van der Waals surface area contributed by atoms with Crippen LogP contribution < -0.4 is 9.62 Å². The Morgan fingerprint density at radius 2 is 1.61 bits per heavy atom. The fourth-order valence-electron chi connectivity index (χ4n) is 3.91. The minimum Gasteiger partial charge on any atom is -0.355 e. The zero-order valence-corrected chi connectivity index (χ0v) is 23.2. The van der Waals surface area contributed by atoms with Crippen molar-refractivity contribution in [2.24, 2.45) is 0 Å². The molecule has 0 fully saturated rings. The SMILES string of the molecule is CCNC(=O)[C@H](Cc1ccccc1)N(Cc1ccc(F)cc1)C(=O)CN(c1cccc(Cl)c1Cl)S(C)(=O)=O. The smallest absolute Gasteiger partial charge is 0.244 e. The van der Waals surface area contributed by atoms with Gasteiger partial charge in [0.05, 0.1) is 22.0 Å². The van der Waals surface area contributed by atoms with Crippen LogP contribution in [0.4, 0.5) is 10.1 Å². The number of anilines is 1. The molecule has 1 N–H and O–H groups in total. The van der Waals surface area contributed by atoms with Gasteiger partial charge >= 0.3 is 0 Å². The van der Waals surface area contributed by atoms with Gasteiger partial charge in [-0.3, -0.25) is 13.9 Å². The van der Waals surface area contributed by atoms with E-state index < -0.39 is 40.2 Å². The Kier molecular flexibility index (Phi) is 10.1. The number of hydrogen-bond donors (Lipinski definition) is 1. The van der Waals surface area contributed by atoms with E-state index in [0.29, 0.717) is 12.1 Å². The van der Waals surface area contributed by atoms with Crippen molar-refractivity contribution < 1.29 is 22.4 Å². The number of nitrogens with one attached hydrogen (secondary N) is 1. The molecule has 2 amide bonds. The third kappa shape index (κ3) is 7.69. The maximum absolute atomic E-state index is 13.9. The van der Waals surface area contributed by atoms with Crippen LogP contribution in [0.3, 0.4) is 0 Å². The van der Waals surface area contributed by atoms with E-state index in [0.717, 1.165) is 16.1 Å². The topological polar surface area (TPSA) is 86.8 Å². The van der Waals surface area contributed by atoms with E-state index in [2.05, 4.69) is 5.32 Å². The number of rotatable bonds is 11. The third-order valence-electron chi connectivity index (χ3n) is 5.77. The van der Waals surface area contributed by atoms with Crippen molar-refractivity contribution in [2.75, 3.05) is 23.7 Å². The number of carbonyl (C=O) groups excluding carboxylic acids is 2. The third-order valence-corrected chi connectivity index (χ3v) is 7.70. The predicted molar refractivity (Wildman–Crippen MR) is 148 cm³/mol. The number of benzene rings is 3. The fraction of sp³-hybridized carbons (Fsp3) is 0.259. The van der Waals surface area contributed by atoms with Crippen molar-refractivity contribution in [3.05, 3.63) is 99.8 Å². The normalized spacial score (nSPS) is 12.0. The Bertz CT molecular complexity index is 1370. The summed E-state index contributed by atoms with van der Waals surface area (Å²) in [4.78, 5) is 28.4. The number of carbonyl (C=O) groups is 2. The van der Waals surface area contributed by atoms with Crippen molar-refractivity contribution in [1.29, 1.82) is 0 Å². The molecule has 0 saturated carbocycles. The molecule has 3 aromatic rings. The zero-order valence-electron chi connectivity index (χ0n) is 20.9. The molecule has 0 bridgehead atoms. The monoisotopic (exact) mass is 579 g/mol. The lowest BCUT2D eigenvalue weighted by Crippen LogP contribution is -2.53. The van der Waals surface area contributed by atoms with E-state index in [9.17, 15) is 22.4 Å². The summed E-state index contributed by atoms with van der Waals surface area (Å²) >= 11 is 12.4. The number of likely N-dealkylation sites (N-methyl/N-ethyl adjacent to an activating group) is 1. The molecule has 1 atom stereocenters. The molecule has 0 radical (unpaired) electrons. The fourth-order valence-corrected chi connectivity index (χ4v) is 5.21. The molecule has 38 heavy (non-hydrogen) atoms. The molecule has 202 valence electrons. The lowest BCUT2D eigenvalue weighted by molar-refractivity contribution is -0.140. The molecule has 0 spiro atoms. The molecular formula is C27H28Cl2FN3O4S. The maximum atomic E-state index is 13.9. The highest BCUT2D eigenvalue weighted by molar-refractivity contribution is 7.92. The molecular weight excluding hydrogens is 552 g/mol. The van der Waals surface area contributed by atoms with Gasteiger partial charge in [-0.1, -0.05) is 71.7 Å². The van der Waals surface area contributed by atoms with E-state index in [4.69, 9.17) is 23.2 Å². The average molecular weight is 581 g/mol. The first kappa shape index (κ1) is 29.4. The van der Waals surface area contributed by atoms with Crippen LogP contribution in [0.1, 0.15) is 18.1 Å². The van der Waals surface area contributed by atoms with Crippen molar-refractivity contribution in [3.63, 3.8) is 0 Å². The van der Waals surface area contributed by atoms with Crippen LogP contribution in [-0.2, 0) is 32.6 Å². The van der Waals surface area contributed by atoms with Crippen molar-refractivity contribution in [1.82, 2.24) is 10.2 Å². The molecule has 0 aliphatic heterocycles. The van der Waals surface area contributed by atoms with Crippen molar-refractivity contribution >= 4 is 50.7 Å². The molecule has 0 heterocycles. The molecule has 3 rings (SSSR count). The molecule has 0 aromatic heterocycles. The van der Waals surface area contributed by atoms with Crippen LogP contribution in [0.2, 0.25) is 10.0 Å². The van der Waals surface area contributed by atoms with Crippen molar-refractivity contribution in [3.8, 4) is 0 Å². The van der Waals surface area contributed by atoms with Gasteiger partial charge in [0, 0.05) is 19.5 Å². The summed E-state index contributed by atoms with van der Waals surface area (Å²) < 4.78 is 40.0. The zero-order chi connectivity index (χ0) is 27.9. The van der Waals surface area contributed by atoms with Gasteiger partial charge < -0.3 is 10.2 Å². The second kappa shape index (κ2) is 13.1. The number of amides is 2. The van der Waals surface area contributed by atoms with Gasteiger partial charge in [0.15, 0.2) is 0 Å². The molecule has 0 aliphatic rings. The van der Waals surface area contributed by atoms with E-state index >= 15 is 0 Å². The van der Waals surface area contributed by atoms with Gasteiger partial charge in [0.2, 0.25) is 21.8 Å². The first-order chi connectivity index (χ1) is 18.0. The van der Waals surface area contributed by atoms with Crippen LogP contribution in [0.5, 0.6) is 0 Å². The average Bonchev–Trinajstić information content (AvgIpc) is 2.87. The Hall–Kier alpha value is -3.14. The Balaban J connectivity index is 2.06. The van der Waals surface area contributed by atoms with Gasteiger partial charge in [-0.25, -0.2) is 12.8 Å². The molecule has 7 nitrogen and oxygen atoms in total. The maximum Gasteiger partial charge on any atom is 0.244 e. The summed E-state index contributed by atoms with van der Waals surface area (Å²) in [6.45, 7) is 1.39. The second-order valence-corrected chi connectivity index (χ2v) is 11.3.